The number of alkyl halides is 3. The van der Waals surface area contributed by atoms with E-state index in [9.17, 15) is 41.9 Å². The zero-order chi connectivity index (χ0) is 38.7. The van der Waals surface area contributed by atoms with Gasteiger partial charge in [0.1, 0.15) is 0 Å². The van der Waals surface area contributed by atoms with E-state index in [1.807, 2.05) is 6.92 Å². The number of ether oxygens (including phenoxy) is 2. The molecule has 1 atom stereocenters. The second-order valence-corrected chi connectivity index (χ2v) is 12.2. The molecule has 2 N–H and O–H groups in total. The third-order valence-electron chi connectivity index (χ3n) is 7.52. The minimum atomic E-state index is -4.27. The minimum Gasteiger partial charge on any atom is -0.481 e. The molecular formula is C34H35BrF3N5O9. The first-order valence-electron chi connectivity index (χ1n) is 15.4. The maximum Gasteiger partial charge on any atom is 0.419 e. The molecule has 14 nitrogen and oxygen atoms in total. The van der Waals surface area contributed by atoms with E-state index < -0.39 is 55.3 Å². The molecule has 2 aromatic carbocycles. The van der Waals surface area contributed by atoms with Crippen molar-refractivity contribution in [3.05, 3.63) is 97.9 Å². The van der Waals surface area contributed by atoms with E-state index in [0.29, 0.717) is 40.4 Å². The number of esters is 1. The lowest BCUT2D eigenvalue weighted by atomic mass is 10.0. The first-order chi connectivity index (χ1) is 24.5. The number of nitrogens with zero attached hydrogens (tertiary/aromatic N) is 4. The number of carboxylic acids is 1. The van der Waals surface area contributed by atoms with Gasteiger partial charge in [-0.1, -0.05) is 33.6 Å². The van der Waals surface area contributed by atoms with Crippen molar-refractivity contribution in [2.75, 3.05) is 25.7 Å². The molecule has 0 aliphatic carbocycles. The summed E-state index contributed by atoms with van der Waals surface area (Å²) in [6.45, 7) is 6.87. The third kappa shape index (κ3) is 10.7. The lowest BCUT2D eigenvalue weighted by Crippen LogP contribution is -2.42. The van der Waals surface area contributed by atoms with Gasteiger partial charge in [-0.2, -0.15) is 13.2 Å². The zero-order valence-corrected chi connectivity index (χ0v) is 29.8. The van der Waals surface area contributed by atoms with E-state index in [1.54, 1.807) is 24.0 Å². The van der Waals surface area contributed by atoms with Crippen LogP contribution in [0.2, 0.25) is 0 Å². The number of nitrogens with one attached hydrogen (secondary N) is 1. The summed E-state index contributed by atoms with van der Waals surface area (Å²) < 4.78 is 47.4. The van der Waals surface area contributed by atoms with Crippen LogP contribution in [0.3, 0.4) is 0 Å². The zero-order valence-electron chi connectivity index (χ0n) is 28.2. The number of aliphatic carboxylic acids is 1. The average molecular weight is 795 g/mol. The largest absolute Gasteiger partial charge is 0.481 e. The molecule has 0 spiro atoms. The van der Waals surface area contributed by atoms with E-state index in [0.717, 1.165) is 12.5 Å². The Labute approximate surface area is 303 Å². The molecule has 0 saturated heterocycles. The Balaban J connectivity index is 0.000000513. The number of aromatic nitrogens is 2. The van der Waals surface area contributed by atoms with E-state index >= 15 is 0 Å². The summed E-state index contributed by atoms with van der Waals surface area (Å²) >= 11 is 2.85. The van der Waals surface area contributed by atoms with Gasteiger partial charge in [-0.05, 0) is 56.7 Å². The fraction of sp³-hybridized carbons (Fsp3) is 0.324. The molecule has 52 heavy (non-hydrogen) atoms. The summed E-state index contributed by atoms with van der Waals surface area (Å²) in [5.74, 6) is -2.54. The van der Waals surface area contributed by atoms with Gasteiger partial charge >= 0.3 is 24.2 Å². The van der Waals surface area contributed by atoms with Crippen LogP contribution < -0.4 is 10.9 Å². The number of hydrogen-bond donors (Lipinski definition) is 2. The van der Waals surface area contributed by atoms with Crippen molar-refractivity contribution in [1.29, 1.82) is 0 Å². The van der Waals surface area contributed by atoms with Crippen LogP contribution >= 0.6 is 15.9 Å². The van der Waals surface area contributed by atoms with E-state index in [4.69, 9.17) is 9.84 Å². The number of aryl methyl sites for hydroxylation is 1. The standard InChI is InChI=1S/C26H29N5O9.C8H6BrF3/c1-4-11-27-25-28-20-13-30(14-32)16(2)12-19(20)24(37)31(25)18-7-5-17(6-8-18)23(36)29(3)26(38)40-15-39-22(35)10-9-21(33)34;1-5-2-3-7(9)6(4-5)8(10,11)12/h4-8,14,16H,1,9-13,15H2,2-3H3,(H,27,28)(H,33,34);2-4H,1H3/t16-;/m1./s1. The number of rotatable bonds is 11. The van der Waals surface area contributed by atoms with Crippen LogP contribution in [0, 0.1) is 6.92 Å². The fourth-order valence-corrected chi connectivity index (χ4v) is 5.22. The molecule has 18 heteroatoms. The molecule has 0 saturated carbocycles. The predicted octanol–water partition coefficient (Wildman–Crippen LogP) is 5.08. The van der Waals surface area contributed by atoms with Crippen LogP contribution in [0.5, 0.6) is 0 Å². The van der Waals surface area contributed by atoms with Gasteiger partial charge in [-0.15, -0.1) is 6.58 Å². The summed E-state index contributed by atoms with van der Waals surface area (Å²) in [6, 6.07) is 9.86. The quantitative estimate of drug-likeness (QED) is 0.115. The molecule has 1 aromatic heterocycles. The smallest absolute Gasteiger partial charge is 0.419 e. The maximum atomic E-state index is 13.5. The summed E-state index contributed by atoms with van der Waals surface area (Å²) in [7, 11) is 1.17. The van der Waals surface area contributed by atoms with Crippen molar-refractivity contribution < 1.29 is 51.7 Å². The van der Waals surface area contributed by atoms with Gasteiger partial charge in [0.2, 0.25) is 19.2 Å². The highest BCUT2D eigenvalue weighted by molar-refractivity contribution is 9.10. The molecule has 1 aliphatic rings. The van der Waals surface area contributed by atoms with Gasteiger partial charge in [-0.25, -0.2) is 19.2 Å². The van der Waals surface area contributed by atoms with Gasteiger partial charge in [0, 0.05) is 35.2 Å². The molecule has 0 unspecified atom stereocenters. The van der Waals surface area contributed by atoms with Gasteiger partial charge < -0.3 is 24.8 Å². The second kappa shape index (κ2) is 18.1. The average Bonchev–Trinajstić information content (AvgIpc) is 3.10. The Morgan fingerprint density at radius 1 is 1.13 bits per heavy atom. The summed E-state index contributed by atoms with van der Waals surface area (Å²) in [5.41, 5.74) is 1.17. The molecule has 0 fully saturated rings. The van der Waals surface area contributed by atoms with Crippen molar-refractivity contribution in [1.82, 2.24) is 19.4 Å². The molecule has 0 bridgehead atoms. The third-order valence-corrected chi connectivity index (χ3v) is 8.22. The number of carbonyl (C=O) groups is 5. The van der Waals surface area contributed by atoms with E-state index in [2.05, 4.69) is 37.5 Å². The number of halogens is 4. The Bertz CT molecular complexity index is 1880. The summed E-state index contributed by atoms with van der Waals surface area (Å²) in [4.78, 5) is 78.6. The topological polar surface area (TPSA) is 177 Å². The molecule has 4 rings (SSSR count). The van der Waals surface area contributed by atoms with Crippen molar-refractivity contribution in [2.45, 2.75) is 51.9 Å². The van der Waals surface area contributed by atoms with Crippen LogP contribution in [0.25, 0.3) is 5.69 Å². The Morgan fingerprint density at radius 3 is 2.38 bits per heavy atom. The number of amides is 3. The summed E-state index contributed by atoms with van der Waals surface area (Å²) in [5, 5.41) is 11.6. The summed E-state index contributed by atoms with van der Waals surface area (Å²) in [6.07, 6.45) is -3.52. The number of anilines is 1. The van der Waals surface area contributed by atoms with Crippen molar-refractivity contribution in [3.8, 4) is 5.69 Å². The van der Waals surface area contributed by atoms with E-state index in [-0.39, 0.29) is 34.1 Å². The van der Waals surface area contributed by atoms with Crippen LogP contribution in [0.1, 0.15) is 52.5 Å². The fourth-order valence-electron chi connectivity index (χ4n) is 4.75. The number of hydrogen-bond acceptors (Lipinski definition) is 10. The van der Waals surface area contributed by atoms with Gasteiger partial charge in [-0.3, -0.25) is 24.0 Å². The molecular weight excluding hydrogens is 759 g/mol. The highest BCUT2D eigenvalue weighted by Crippen LogP contribution is 2.35. The second-order valence-electron chi connectivity index (χ2n) is 11.3. The number of carboxylic acid groups (broad SMARTS) is 1. The number of fused-ring (bicyclic) bond motifs is 1. The lowest BCUT2D eigenvalue weighted by molar-refractivity contribution is -0.154. The highest BCUT2D eigenvalue weighted by atomic mass is 79.9. The Morgan fingerprint density at radius 2 is 1.81 bits per heavy atom. The number of benzene rings is 2. The first kappa shape index (κ1) is 40.9. The van der Waals surface area contributed by atoms with Crippen LogP contribution in [0.15, 0.2) is 64.4 Å². The molecule has 1 aliphatic heterocycles. The molecule has 278 valence electrons. The Kier molecular flexibility index (Phi) is 14.2. The SMILES string of the molecule is C=CCNc1nc2c(c(=O)n1-c1ccc(C(=O)N(C)C(=O)OCOC(=O)CCC(=O)O)cc1)C[C@@H](C)N(C=O)C2.Cc1ccc(Br)c(C(F)(F)F)c1. The minimum absolute atomic E-state index is 0.0839. The van der Waals surface area contributed by atoms with Gasteiger partial charge in [0.15, 0.2) is 0 Å². The van der Waals surface area contributed by atoms with Crippen LogP contribution in [-0.2, 0) is 43.0 Å². The van der Waals surface area contributed by atoms with Crippen molar-refractivity contribution >= 4 is 52.2 Å². The van der Waals surface area contributed by atoms with Crippen LogP contribution in [-0.4, -0.2) is 81.2 Å². The predicted molar refractivity (Wildman–Crippen MR) is 184 cm³/mol. The first-order valence-corrected chi connectivity index (χ1v) is 16.2. The van der Waals surface area contributed by atoms with E-state index in [1.165, 1.54) is 41.9 Å². The number of imide groups is 1. The monoisotopic (exact) mass is 793 g/mol. The van der Waals surface area contributed by atoms with Crippen LogP contribution in [0.4, 0.5) is 23.9 Å². The maximum absolute atomic E-state index is 13.5. The molecule has 3 aromatic rings. The highest BCUT2D eigenvalue weighted by Gasteiger charge is 2.33. The molecule has 0 radical (unpaired) electrons. The number of carbonyl (C=O) groups excluding carboxylic acids is 4. The molecule has 3 amide bonds. The van der Waals surface area contributed by atoms with Crippen molar-refractivity contribution in [2.24, 2.45) is 0 Å². The molecule has 2 heterocycles. The van der Waals surface area contributed by atoms with Gasteiger partial charge in [0.05, 0.1) is 36.3 Å². The van der Waals surface area contributed by atoms with Gasteiger partial charge in [0.25, 0.3) is 11.5 Å². The van der Waals surface area contributed by atoms with Crippen molar-refractivity contribution in [3.63, 3.8) is 0 Å². The Hall–Kier alpha value is -5.52. The normalized spacial score (nSPS) is 13.4. The lowest BCUT2D eigenvalue weighted by Gasteiger charge is -2.31.